The molecule has 1 saturated carbocycles. The van der Waals surface area contributed by atoms with Gasteiger partial charge in [-0.05, 0) is 56.2 Å². The third-order valence-corrected chi connectivity index (χ3v) is 5.92. The Morgan fingerprint density at radius 1 is 1.18 bits per heavy atom. The number of benzene rings is 1. The van der Waals surface area contributed by atoms with E-state index in [1.54, 1.807) is 7.11 Å². The zero-order valence-electron chi connectivity index (χ0n) is 17.1. The molecule has 154 valence electrons. The highest BCUT2D eigenvalue weighted by Gasteiger charge is 2.26. The first kappa shape index (κ1) is 20.6. The molecule has 0 spiro atoms. The van der Waals surface area contributed by atoms with Gasteiger partial charge < -0.3 is 20.3 Å². The molecule has 0 radical (unpaired) electrons. The predicted octanol–water partition coefficient (Wildman–Crippen LogP) is 3.43. The van der Waals surface area contributed by atoms with Crippen molar-refractivity contribution in [1.82, 2.24) is 5.32 Å². The van der Waals surface area contributed by atoms with Crippen molar-refractivity contribution in [2.75, 3.05) is 43.6 Å². The zero-order valence-corrected chi connectivity index (χ0v) is 17.1. The second kappa shape index (κ2) is 9.92. The maximum absolute atomic E-state index is 12.9. The van der Waals surface area contributed by atoms with E-state index < -0.39 is 0 Å². The fourth-order valence-corrected chi connectivity index (χ4v) is 3.75. The van der Waals surface area contributed by atoms with Crippen LogP contribution >= 0.6 is 0 Å². The SMILES string of the molecule is COCCCNC(=O)c1cc(NC(=O)C2CCC2)ccc1N1CCC(C)CC1. The Hall–Kier alpha value is -2.08. The van der Waals surface area contributed by atoms with E-state index >= 15 is 0 Å². The highest BCUT2D eigenvalue weighted by molar-refractivity contribution is 6.02. The Bertz CT molecular complexity index is 680. The normalized spacial score (nSPS) is 17.9. The lowest BCUT2D eigenvalue weighted by molar-refractivity contribution is -0.122. The molecule has 1 aliphatic carbocycles. The van der Waals surface area contributed by atoms with Gasteiger partial charge in [0.05, 0.1) is 5.56 Å². The summed E-state index contributed by atoms with van der Waals surface area (Å²) < 4.78 is 5.05. The molecule has 2 fully saturated rings. The van der Waals surface area contributed by atoms with E-state index in [4.69, 9.17) is 4.74 Å². The summed E-state index contributed by atoms with van der Waals surface area (Å²) >= 11 is 0. The lowest BCUT2D eigenvalue weighted by atomic mass is 9.85. The molecule has 0 atom stereocenters. The fraction of sp³-hybridized carbons (Fsp3) is 0.636. The second-order valence-electron chi connectivity index (χ2n) is 8.12. The molecule has 2 aliphatic rings. The highest BCUT2D eigenvalue weighted by Crippen LogP contribution is 2.31. The minimum Gasteiger partial charge on any atom is -0.385 e. The van der Waals surface area contributed by atoms with Crippen LogP contribution in [0.4, 0.5) is 11.4 Å². The van der Waals surface area contributed by atoms with Crippen LogP contribution in [-0.2, 0) is 9.53 Å². The number of nitrogens with one attached hydrogen (secondary N) is 2. The molecule has 1 aromatic rings. The van der Waals surface area contributed by atoms with Crippen molar-refractivity contribution in [1.29, 1.82) is 0 Å². The van der Waals surface area contributed by atoms with Crippen LogP contribution in [0.5, 0.6) is 0 Å². The van der Waals surface area contributed by atoms with E-state index in [0.29, 0.717) is 24.4 Å². The first-order chi connectivity index (χ1) is 13.6. The molecule has 28 heavy (non-hydrogen) atoms. The summed E-state index contributed by atoms with van der Waals surface area (Å²) in [4.78, 5) is 27.5. The molecule has 0 bridgehead atoms. The molecule has 3 rings (SSSR count). The van der Waals surface area contributed by atoms with Crippen molar-refractivity contribution in [2.45, 2.75) is 45.4 Å². The van der Waals surface area contributed by atoms with Crippen molar-refractivity contribution in [3.63, 3.8) is 0 Å². The summed E-state index contributed by atoms with van der Waals surface area (Å²) in [7, 11) is 1.66. The molecule has 1 heterocycles. The van der Waals surface area contributed by atoms with Crippen molar-refractivity contribution < 1.29 is 14.3 Å². The molecule has 0 aromatic heterocycles. The number of piperidine rings is 1. The molecular weight excluding hydrogens is 354 g/mol. The van der Waals surface area contributed by atoms with Gasteiger partial charge in [-0.25, -0.2) is 0 Å². The van der Waals surface area contributed by atoms with E-state index in [0.717, 1.165) is 63.2 Å². The lowest BCUT2D eigenvalue weighted by Crippen LogP contribution is -2.35. The van der Waals surface area contributed by atoms with E-state index in [1.807, 2.05) is 18.2 Å². The van der Waals surface area contributed by atoms with Gasteiger partial charge in [0.1, 0.15) is 0 Å². The maximum atomic E-state index is 12.9. The third-order valence-electron chi connectivity index (χ3n) is 5.92. The van der Waals surface area contributed by atoms with Gasteiger partial charge >= 0.3 is 0 Å². The van der Waals surface area contributed by atoms with Crippen LogP contribution in [0.3, 0.4) is 0 Å². The molecule has 2 N–H and O–H groups in total. The molecule has 6 heteroatoms. The van der Waals surface area contributed by atoms with Crippen LogP contribution in [0.15, 0.2) is 18.2 Å². The minimum absolute atomic E-state index is 0.0669. The number of methoxy groups -OCH3 is 1. The standard InChI is InChI=1S/C22H33N3O3/c1-16-9-12-25(13-10-16)20-8-7-18(24-21(26)17-5-3-6-17)15-19(20)22(27)23-11-4-14-28-2/h7-8,15-17H,3-6,9-14H2,1-2H3,(H,23,27)(H,24,26). The van der Waals surface area contributed by atoms with Crippen molar-refractivity contribution in [3.05, 3.63) is 23.8 Å². The van der Waals surface area contributed by atoms with E-state index in [1.165, 1.54) is 0 Å². The number of hydrogen-bond acceptors (Lipinski definition) is 4. The molecule has 1 aromatic carbocycles. The number of rotatable bonds is 8. The van der Waals surface area contributed by atoms with Gasteiger partial charge in [0, 0.05) is 50.6 Å². The van der Waals surface area contributed by atoms with Crippen LogP contribution < -0.4 is 15.5 Å². The smallest absolute Gasteiger partial charge is 0.253 e. The average Bonchev–Trinajstić information content (AvgIpc) is 2.64. The topological polar surface area (TPSA) is 70.7 Å². The van der Waals surface area contributed by atoms with Gasteiger partial charge in [0.25, 0.3) is 5.91 Å². The summed E-state index contributed by atoms with van der Waals surface area (Å²) in [6, 6.07) is 5.73. The Morgan fingerprint density at radius 2 is 1.93 bits per heavy atom. The lowest BCUT2D eigenvalue weighted by Gasteiger charge is -2.33. The fourth-order valence-electron chi connectivity index (χ4n) is 3.75. The third kappa shape index (κ3) is 5.25. The largest absolute Gasteiger partial charge is 0.385 e. The maximum Gasteiger partial charge on any atom is 0.253 e. The van der Waals surface area contributed by atoms with E-state index in [9.17, 15) is 9.59 Å². The predicted molar refractivity (Wildman–Crippen MR) is 112 cm³/mol. The average molecular weight is 388 g/mol. The van der Waals surface area contributed by atoms with Crippen LogP contribution in [0.2, 0.25) is 0 Å². The summed E-state index contributed by atoms with van der Waals surface area (Å²) in [5.74, 6) is 0.819. The van der Waals surface area contributed by atoms with Gasteiger partial charge in [-0.2, -0.15) is 0 Å². The number of nitrogens with zero attached hydrogens (tertiary/aromatic N) is 1. The quantitative estimate of drug-likeness (QED) is 0.671. The van der Waals surface area contributed by atoms with Crippen LogP contribution in [0.1, 0.15) is 55.8 Å². The molecule has 1 saturated heterocycles. The monoisotopic (exact) mass is 387 g/mol. The Morgan fingerprint density at radius 3 is 2.57 bits per heavy atom. The van der Waals surface area contributed by atoms with Crippen LogP contribution in [-0.4, -0.2) is 45.2 Å². The summed E-state index contributed by atoms with van der Waals surface area (Å²) in [6.07, 6.45) is 6.09. The first-order valence-corrected chi connectivity index (χ1v) is 10.6. The molecule has 2 amide bonds. The van der Waals surface area contributed by atoms with Gasteiger partial charge in [-0.1, -0.05) is 13.3 Å². The number of amides is 2. The van der Waals surface area contributed by atoms with Gasteiger partial charge in [-0.3, -0.25) is 9.59 Å². The number of anilines is 2. The second-order valence-corrected chi connectivity index (χ2v) is 8.12. The zero-order chi connectivity index (χ0) is 19.9. The van der Waals surface area contributed by atoms with Crippen molar-refractivity contribution in [3.8, 4) is 0 Å². The number of carbonyl (C=O) groups excluding carboxylic acids is 2. The molecular formula is C22H33N3O3. The van der Waals surface area contributed by atoms with E-state index in [2.05, 4.69) is 22.5 Å². The molecule has 0 unspecified atom stereocenters. The molecule has 1 aliphatic heterocycles. The highest BCUT2D eigenvalue weighted by atomic mass is 16.5. The van der Waals surface area contributed by atoms with E-state index in [-0.39, 0.29) is 17.7 Å². The Kier molecular flexibility index (Phi) is 7.31. The Labute approximate surface area is 168 Å². The number of ether oxygens (including phenoxy) is 1. The number of carbonyl (C=O) groups is 2. The van der Waals surface area contributed by atoms with Gasteiger partial charge in [0.15, 0.2) is 0 Å². The molecule has 6 nitrogen and oxygen atoms in total. The first-order valence-electron chi connectivity index (χ1n) is 10.6. The van der Waals surface area contributed by atoms with Crippen LogP contribution in [0, 0.1) is 11.8 Å². The summed E-state index contributed by atoms with van der Waals surface area (Å²) in [5, 5.41) is 5.98. The minimum atomic E-state index is -0.0931. The van der Waals surface area contributed by atoms with Gasteiger partial charge in [0.2, 0.25) is 5.91 Å². The summed E-state index contributed by atoms with van der Waals surface area (Å²) in [6.45, 7) is 5.38. The van der Waals surface area contributed by atoms with Crippen LogP contribution in [0.25, 0.3) is 0 Å². The van der Waals surface area contributed by atoms with Crippen molar-refractivity contribution in [2.24, 2.45) is 11.8 Å². The Balaban J connectivity index is 1.75. The number of hydrogen-bond donors (Lipinski definition) is 2. The summed E-state index contributed by atoms with van der Waals surface area (Å²) in [5.41, 5.74) is 2.30. The van der Waals surface area contributed by atoms with Gasteiger partial charge in [-0.15, -0.1) is 0 Å². The van der Waals surface area contributed by atoms with Crippen molar-refractivity contribution >= 4 is 23.2 Å².